The van der Waals surface area contributed by atoms with Crippen LogP contribution in [0.3, 0.4) is 0 Å². The van der Waals surface area contributed by atoms with Crippen molar-refractivity contribution in [2.45, 2.75) is 6.18 Å². The number of nitro groups is 1. The summed E-state index contributed by atoms with van der Waals surface area (Å²) in [6.45, 7) is 0. The molecule has 0 bridgehead atoms. The summed E-state index contributed by atoms with van der Waals surface area (Å²) in [6, 6.07) is 5.20. The highest BCUT2D eigenvalue weighted by Gasteiger charge is 2.30. The maximum Gasteiger partial charge on any atom is 0.416 e. The van der Waals surface area contributed by atoms with Crippen LogP contribution in [0, 0.1) is 15.9 Å². The molecule has 0 fully saturated rings. The molecule has 0 atom stereocenters. The number of methoxy groups -OCH3 is 1. The molecule has 23 heavy (non-hydrogen) atoms. The molecule has 122 valence electrons. The topological polar surface area (TPSA) is 61.6 Å². The predicted octanol–water partition coefficient (Wildman–Crippen LogP) is 4.55. The summed E-state index contributed by atoms with van der Waals surface area (Å²) in [5.74, 6) is -2.23. The van der Waals surface area contributed by atoms with E-state index in [-0.39, 0.29) is 11.5 Å². The molecule has 0 N–H and O–H groups in total. The monoisotopic (exact) mass is 331 g/mol. The number of benzene rings is 2. The van der Waals surface area contributed by atoms with Crippen molar-refractivity contribution >= 4 is 5.69 Å². The van der Waals surface area contributed by atoms with Crippen molar-refractivity contribution in [1.29, 1.82) is 0 Å². The van der Waals surface area contributed by atoms with Crippen LogP contribution >= 0.6 is 0 Å². The molecule has 0 aliphatic carbocycles. The molecule has 2 rings (SSSR count). The Bertz CT molecular complexity index is 746. The molecule has 2 aromatic rings. The van der Waals surface area contributed by atoms with Crippen molar-refractivity contribution in [1.82, 2.24) is 0 Å². The summed E-state index contributed by atoms with van der Waals surface area (Å²) in [4.78, 5) is 10.1. The van der Waals surface area contributed by atoms with Crippen LogP contribution in [0.25, 0.3) is 0 Å². The Balaban J connectivity index is 2.41. The number of nitro benzene ring substituents is 1. The van der Waals surface area contributed by atoms with E-state index in [1.54, 1.807) is 0 Å². The molecular weight excluding hydrogens is 322 g/mol. The lowest BCUT2D eigenvalue weighted by Gasteiger charge is -2.11. The van der Waals surface area contributed by atoms with E-state index in [9.17, 15) is 27.7 Å². The third-order valence-corrected chi connectivity index (χ3v) is 2.82. The van der Waals surface area contributed by atoms with E-state index < -0.39 is 33.9 Å². The first-order valence-electron chi connectivity index (χ1n) is 6.09. The highest BCUT2D eigenvalue weighted by atomic mass is 19.4. The van der Waals surface area contributed by atoms with Crippen molar-refractivity contribution in [2.75, 3.05) is 7.11 Å². The third-order valence-electron chi connectivity index (χ3n) is 2.82. The van der Waals surface area contributed by atoms with Gasteiger partial charge >= 0.3 is 11.9 Å². The number of alkyl halides is 3. The van der Waals surface area contributed by atoms with Crippen LogP contribution in [-0.2, 0) is 6.18 Å². The lowest BCUT2D eigenvalue weighted by atomic mass is 10.2. The first-order valence-corrected chi connectivity index (χ1v) is 6.09. The average Bonchev–Trinajstić information content (AvgIpc) is 2.48. The SMILES string of the molecule is COc1cc(F)c(Oc2cccc(C(F)(F)F)c2)cc1[N+](=O)[O-]. The Morgan fingerprint density at radius 3 is 2.39 bits per heavy atom. The summed E-state index contributed by atoms with van der Waals surface area (Å²) in [7, 11) is 1.12. The lowest BCUT2D eigenvalue weighted by molar-refractivity contribution is -0.385. The van der Waals surface area contributed by atoms with Crippen molar-refractivity contribution in [3.05, 3.63) is 57.9 Å². The van der Waals surface area contributed by atoms with E-state index in [0.717, 1.165) is 31.4 Å². The fourth-order valence-corrected chi connectivity index (χ4v) is 1.77. The normalized spacial score (nSPS) is 11.2. The number of hydrogen-bond donors (Lipinski definition) is 0. The zero-order valence-electron chi connectivity index (χ0n) is 11.6. The first kappa shape index (κ1) is 16.5. The van der Waals surface area contributed by atoms with Crippen LogP contribution in [0.2, 0.25) is 0 Å². The Morgan fingerprint density at radius 1 is 1.13 bits per heavy atom. The molecule has 0 saturated carbocycles. The molecule has 0 radical (unpaired) electrons. The van der Waals surface area contributed by atoms with Gasteiger partial charge in [-0.25, -0.2) is 4.39 Å². The van der Waals surface area contributed by atoms with Gasteiger partial charge in [-0.05, 0) is 18.2 Å². The van der Waals surface area contributed by atoms with Crippen LogP contribution in [0.1, 0.15) is 5.56 Å². The molecule has 2 aromatic carbocycles. The zero-order valence-corrected chi connectivity index (χ0v) is 11.6. The zero-order chi connectivity index (χ0) is 17.2. The van der Waals surface area contributed by atoms with E-state index in [2.05, 4.69) is 4.74 Å². The molecule has 0 saturated heterocycles. The molecule has 0 aliphatic heterocycles. The Labute approximate surface area is 127 Å². The second kappa shape index (κ2) is 6.11. The number of rotatable bonds is 4. The van der Waals surface area contributed by atoms with Gasteiger partial charge in [-0.1, -0.05) is 6.07 Å². The average molecular weight is 331 g/mol. The summed E-state index contributed by atoms with van der Waals surface area (Å²) < 4.78 is 61.4. The minimum absolute atomic E-state index is 0.307. The molecule has 0 unspecified atom stereocenters. The number of ether oxygens (including phenoxy) is 2. The molecular formula is C14H9F4NO4. The number of hydrogen-bond acceptors (Lipinski definition) is 4. The summed E-state index contributed by atoms with van der Waals surface area (Å²) in [6.07, 6.45) is -4.59. The van der Waals surface area contributed by atoms with Crippen molar-refractivity contribution in [3.8, 4) is 17.2 Å². The van der Waals surface area contributed by atoms with Crippen molar-refractivity contribution in [3.63, 3.8) is 0 Å². The van der Waals surface area contributed by atoms with Crippen LogP contribution in [-0.4, -0.2) is 12.0 Å². The highest BCUT2D eigenvalue weighted by Crippen LogP contribution is 2.37. The fraction of sp³-hybridized carbons (Fsp3) is 0.143. The van der Waals surface area contributed by atoms with Gasteiger partial charge in [0.1, 0.15) is 5.75 Å². The number of nitrogens with zero attached hydrogens (tertiary/aromatic N) is 1. The second-order valence-corrected chi connectivity index (χ2v) is 4.34. The fourth-order valence-electron chi connectivity index (χ4n) is 1.77. The van der Waals surface area contributed by atoms with Gasteiger partial charge in [-0.3, -0.25) is 10.1 Å². The second-order valence-electron chi connectivity index (χ2n) is 4.34. The van der Waals surface area contributed by atoms with E-state index in [4.69, 9.17) is 4.74 Å². The standard InChI is InChI=1S/C14H9F4NO4/c1-22-13-6-10(15)12(7-11(13)19(20)21)23-9-4-2-3-8(5-9)14(16,17)18/h2-7H,1H3. The summed E-state index contributed by atoms with van der Waals surface area (Å²) in [5, 5.41) is 10.9. The van der Waals surface area contributed by atoms with E-state index >= 15 is 0 Å². The molecule has 0 amide bonds. The Kier molecular flexibility index (Phi) is 4.39. The van der Waals surface area contributed by atoms with Gasteiger partial charge in [0.2, 0.25) is 0 Å². The minimum atomic E-state index is -4.59. The molecule has 5 nitrogen and oxygen atoms in total. The number of halogens is 4. The van der Waals surface area contributed by atoms with Gasteiger partial charge in [0.15, 0.2) is 17.3 Å². The lowest BCUT2D eigenvalue weighted by Crippen LogP contribution is -2.04. The molecule has 9 heteroatoms. The third kappa shape index (κ3) is 3.68. The molecule has 0 aliphatic rings. The van der Waals surface area contributed by atoms with Gasteiger partial charge < -0.3 is 9.47 Å². The van der Waals surface area contributed by atoms with Gasteiger partial charge in [0.05, 0.1) is 23.7 Å². The van der Waals surface area contributed by atoms with Gasteiger partial charge in [-0.15, -0.1) is 0 Å². The molecule has 0 spiro atoms. The maximum atomic E-state index is 13.9. The largest absolute Gasteiger partial charge is 0.490 e. The van der Waals surface area contributed by atoms with Crippen LogP contribution < -0.4 is 9.47 Å². The van der Waals surface area contributed by atoms with E-state index in [1.165, 1.54) is 6.07 Å². The van der Waals surface area contributed by atoms with Crippen LogP contribution in [0.15, 0.2) is 36.4 Å². The van der Waals surface area contributed by atoms with Crippen LogP contribution in [0.4, 0.5) is 23.2 Å². The summed E-state index contributed by atoms with van der Waals surface area (Å²) in [5.41, 5.74) is -1.56. The maximum absolute atomic E-state index is 13.9. The smallest absolute Gasteiger partial charge is 0.416 e. The minimum Gasteiger partial charge on any atom is -0.490 e. The summed E-state index contributed by atoms with van der Waals surface area (Å²) >= 11 is 0. The first-order chi connectivity index (χ1) is 10.7. The van der Waals surface area contributed by atoms with Crippen LogP contribution in [0.5, 0.6) is 17.2 Å². The van der Waals surface area contributed by atoms with Gasteiger partial charge in [0.25, 0.3) is 0 Å². The van der Waals surface area contributed by atoms with Crippen molar-refractivity contribution in [2.24, 2.45) is 0 Å². The van der Waals surface area contributed by atoms with Gasteiger partial charge in [-0.2, -0.15) is 13.2 Å². The van der Waals surface area contributed by atoms with E-state index in [0.29, 0.717) is 6.07 Å². The van der Waals surface area contributed by atoms with Crippen molar-refractivity contribution < 1.29 is 32.0 Å². The van der Waals surface area contributed by atoms with E-state index in [1.807, 2.05) is 0 Å². The quantitative estimate of drug-likeness (QED) is 0.468. The molecule has 0 heterocycles. The predicted molar refractivity (Wildman–Crippen MR) is 71.1 cm³/mol. The molecule has 0 aromatic heterocycles. The Hall–Kier alpha value is -2.84. The van der Waals surface area contributed by atoms with Gasteiger partial charge in [0, 0.05) is 6.07 Å². The Morgan fingerprint density at radius 2 is 1.83 bits per heavy atom. The highest BCUT2D eigenvalue weighted by molar-refractivity contribution is 5.52.